The van der Waals surface area contributed by atoms with Gasteiger partial charge >= 0.3 is 0 Å². The summed E-state index contributed by atoms with van der Waals surface area (Å²) in [5, 5.41) is 33.8. The van der Waals surface area contributed by atoms with Gasteiger partial charge in [-0.1, -0.05) is 17.8 Å². The van der Waals surface area contributed by atoms with Crippen molar-refractivity contribution in [2.75, 3.05) is 6.54 Å². The fraction of sp³-hybridized carbons (Fsp3) is 0.750. The lowest BCUT2D eigenvalue weighted by Gasteiger charge is -2.43. The lowest BCUT2D eigenvalue weighted by atomic mass is 9.88. The van der Waals surface area contributed by atoms with E-state index in [1.165, 1.54) is 11.8 Å². The zero-order chi connectivity index (χ0) is 14.2. The summed E-state index contributed by atoms with van der Waals surface area (Å²) in [5.74, 6) is 0. The highest BCUT2D eigenvalue weighted by Crippen LogP contribution is 2.36. The van der Waals surface area contributed by atoms with Gasteiger partial charge < -0.3 is 25.4 Å². The fourth-order valence-corrected chi connectivity index (χ4v) is 3.34. The minimum Gasteiger partial charge on any atom is -0.388 e. The normalized spacial score (nSPS) is 40.9. The molecule has 2 heterocycles. The number of nitrogens with one attached hydrogen (secondary N) is 1. The van der Waals surface area contributed by atoms with E-state index in [0.717, 1.165) is 0 Å². The van der Waals surface area contributed by atoms with Gasteiger partial charge in [-0.2, -0.15) is 0 Å². The van der Waals surface area contributed by atoms with Crippen molar-refractivity contribution in [3.05, 3.63) is 12.7 Å². The number of amidine groups is 1. The molecule has 0 saturated carbocycles. The summed E-state index contributed by atoms with van der Waals surface area (Å²) < 4.78 is 5.70. The molecule has 6 nitrogen and oxygen atoms in total. The van der Waals surface area contributed by atoms with Crippen molar-refractivity contribution in [3.8, 4) is 0 Å². The highest BCUT2D eigenvalue weighted by Gasteiger charge is 2.52. The van der Waals surface area contributed by atoms with Crippen LogP contribution in [0.1, 0.15) is 13.8 Å². The number of nitrogens with zero attached hydrogens (tertiary/aromatic N) is 1. The number of aliphatic hydroxyl groups excluding tert-OH is 2. The first kappa shape index (κ1) is 14.8. The molecule has 2 rings (SSSR count). The summed E-state index contributed by atoms with van der Waals surface area (Å²) in [7, 11) is 0. The first-order valence-corrected chi connectivity index (χ1v) is 7.05. The van der Waals surface area contributed by atoms with E-state index >= 15 is 0 Å². The van der Waals surface area contributed by atoms with Crippen LogP contribution in [0.4, 0.5) is 0 Å². The second-order valence-electron chi connectivity index (χ2n) is 5.28. The first-order chi connectivity index (χ1) is 8.84. The summed E-state index contributed by atoms with van der Waals surface area (Å²) >= 11 is 1.35. The van der Waals surface area contributed by atoms with E-state index in [2.05, 4.69) is 16.9 Å². The zero-order valence-corrected chi connectivity index (χ0v) is 11.8. The molecule has 2 fully saturated rings. The summed E-state index contributed by atoms with van der Waals surface area (Å²) in [6.45, 7) is 7.16. The lowest BCUT2D eigenvalue weighted by molar-refractivity contribution is -0.210. The molecule has 2 aliphatic heterocycles. The molecule has 0 aromatic heterocycles. The maximum absolute atomic E-state index is 10.1. The number of hydrogen-bond donors (Lipinski definition) is 4. The molecule has 0 radical (unpaired) electrons. The molecular formula is C12H20N2O4S. The van der Waals surface area contributed by atoms with Crippen molar-refractivity contribution in [1.29, 1.82) is 0 Å². The van der Waals surface area contributed by atoms with Gasteiger partial charge in [-0.15, -0.1) is 6.58 Å². The Morgan fingerprint density at radius 3 is 2.74 bits per heavy atom. The second-order valence-corrected chi connectivity index (χ2v) is 6.37. The van der Waals surface area contributed by atoms with Gasteiger partial charge in [0, 0.05) is 0 Å². The number of hydrogen-bond acceptors (Lipinski definition) is 6. The van der Waals surface area contributed by atoms with Crippen molar-refractivity contribution in [1.82, 2.24) is 5.32 Å². The summed E-state index contributed by atoms with van der Waals surface area (Å²) in [6.07, 6.45) is -1.33. The van der Waals surface area contributed by atoms with Gasteiger partial charge in [-0.25, -0.2) is 0 Å². The van der Waals surface area contributed by atoms with Crippen molar-refractivity contribution in [3.63, 3.8) is 0 Å². The predicted octanol–water partition coefficient (Wildman–Crippen LogP) is -0.549. The van der Waals surface area contributed by atoms with Crippen LogP contribution in [-0.2, 0) is 4.74 Å². The zero-order valence-electron chi connectivity index (χ0n) is 11.0. The third kappa shape index (κ3) is 2.95. The number of ether oxygens (including phenoxy) is 1. The molecule has 0 aliphatic carbocycles. The van der Waals surface area contributed by atoms with Crippen molar-refractivity contribution >= 4 is 16.9 Å². The average Bonchev–Trinajstić information content (AvgIpc) is 2.73. The van der Waals surface area contributed by atoms with E-state index in [-0.39, 0.29) is 5.44 Å². The fourth-order valence-electron chi connectivity index (χ4n) is 2.22. The van der Waals surface area contributed by atoms with Crippen LogP contribution in [0.25, 0.3) is 0 Å². The largest absolute Gasteiger partial charge is 0.388 e. The van der Waals surface area contributed by atoms with Crippen LogP contribution in [0.5, 0.6) is 0 Å². The average molecular weight is 288 g/mol. The van der Waals surface area contributed by atoms with Crippen LogP contribution in [0.3, 0.4) is 0 Å². The van der Waals surface area contributed by atoms with E-state index < -0.39 is 30.0 Å². The van der Waals surface area contributed by atoms with Crippen LogP contribution < -0.4 is 5.32 Å². The molecule has 4 N–H and O–H groups in total. The van der Waals surface area contributed by atoms with Crippen LogP contribution in [-0.4, -0.2) is 62.4 Å². The Hall–Kier alpha value is -0.600. The van der Waals surface area contributed by atoms with E-state index in [0.29, 0.717) is 11.7 Å². The third-order valence-corrected chi connectivity index (χ3v) is 4.29. The van der Waals surface area contributed by atoms with Gasteiger partial charge in [0.05, 0.1) is 18.2 Å². The monoisotopic (exact) mass is 288 g/mol. The maximum Gasteiger partial charge on any atom is 0.159 e. The molecule has 108 valence electrons. The number of rotatable bonds is 3. The molecule has 0 bridgehead atoms. The topological polar surface area (TPSA) is 94.3 Å². The van der Waals surface area contributed by atoms with Gasteiger partial charge in [0.15, 0.2) is 5.17 Å². The molecule has 0 aromatic carbocycles. The highest BCUT2D eigenvalue weighted by molar-refractivity contribution is 8.14. The Morgan fingerprint density at radius 2 is 2.16 bits per heavy atom. The minimum atomic E-state index is -1.23. The molecule has 0 aromatic rings. The standard InChI is InChI=1S/C12H20N2O4S/c1-4-5-13-11-14-6-7(15)8(16)9(12(2,3)17)18-10(6)19-11/h4,6-10,15-17H,1,5H2,2-3H3,(H,13,14)/t6-,7-,8+,9+,10-/m1/s1. The molecule has 7 heteroatoms. The highest BCUT2D eigenvalue weighted by atomic mass is 32.2. The van der Waals surface area contributed by atoms with Crippen LogP contribution >= 0.6 is 11.8 Å². The van der Waals surface area contributed by atoms with Crippen LogP contribution in [0, 0.1) is 0 Å². The number of fused-ring (bicyclic) bond motifs is 1. The third-order valence-electron chi connectivity index (χ3n) is 3.18. The Bertz CT molecular complexity index is 382. The number of aliphatic imine (C=N–C) groups is 1. The van der Waals surface area contributed by atoms with Gasteiger partial charge in [0.25, 0.3) is 0 Å². The SMILES string of the molecule is C=CCN=C1N[C@@H]2[C@@H](O)[C@H](O)[C@@H](C(C)(C)O)O[C@@H]2S1. The Balaban J connectivity index is 2.14. The molecular weight excluding hydrogens is 268 g/mol. The number of thioether (sulfide) groups is 1. The van der Waals surface area contributed by atoms with Gasteiger partial charge in [-0.3, -0.25) is 4.99 Å². The van der Waals surface area contributed by atoms with Crippen molar-refractivity contribution in [2.24, 2.45) is 4.99 Å². The molecule has 2 aliphatic rings. The summed E-state index contributed by atoms with van der Waals surface area (Å²) in [4.78, 5) is 4.23. The van der Waals surface area contributed by atoms with Crippen molar-refractivity contribution in [2.45, 2.75) is 49.2 Å². The van der Waals surface area contributed by atoms with Crippen LogP contribution in [0.2, 0.25) is 0 Å². The Kier molecular flexibility index (Phi) is 4.22. The molecule has 2 saturated heterocycles. The molecule has 0 amide bonds. The Morgan fingerprint density at radius 1 is 1.47 bits per heavy atom. The summed E-state index contributed by atoms with van der Waals surface area (Å²) in [5.41, 5.74) is -1.61. The first-order valence-electron chi connectivity index (χ1n) is 6.17. The maximum atomic E-state index is 10.1. The van der Waals surface area contributed by atoms with E-state index in [9.17, 15) is 15.3 Å². The quantitative estimate of drug-likeness (QED) is 0.521. The molecule has 19 heavy (non-hydrogen) atoms. The van der Waals surface area contributed by atoms with Crippen molar-refractivity contribution < 1.29 is 20.1 Å². The van der Waals surface area contributed by atoms with E-state index in [1.807, 2.05) is 0 Å². The van der Waals surface area contributed by atoms with Gasteiger partial charge in [0.2, 0.25) is 0 Å². The summed E-state index contributed by atoms with van der Waals surface area (Å²) in [6, 6.07) is -0.429. The Labute approximate surface area is 116 Å². The second kappa shape index (κ2) is 5.41. The molecule has 0 spiro atoms. The minimum absolute atomic E-state index is 0.376. The molecule has 0 unspecified atom stereocenters. The predicted molar refractivity (Wildman–Crippen MR) is 74.0 cm³/mol. The smallest absolute Gasteiger partial charge is 0.159 e. The van der Waals surface area contributed by atoms with Gasteiger partial charge in [0.1, 0.15) is 23.7 Å². The number of aliphatic hydroxyl groups is 3. The van der Waals surface area contributed by atoms with E-state index in [4.69, 9.17) is 4.74 Å². The lowest BCUT2D eigenvalue weighted by Crippen LogP contribution is -2.63. The van der Waals surface area contributed by atoms with Gasteiger partial charge in [-0.05, 0) is 13.8 Å². The molecule has 5 atom stereocenters. The van der Waals surface area contributed by atoms with E-state index in [1.54, 1.807) is 19.9 Å². The van der Waals surface area contributed by atoms with Crippen LogP contribution in [0.15, 0.2) is 17.6 Å².